The first kappa shape index (κ1) is 29.5. The highest BCUT2D eigenvalue weighted by Gasteiger charge is 2.11. The van der Waals surface area contributed by atoms with E-state index in [1.54, 1.807) is 0 Å². The smallest absolute Gasteiger partial charge is 0.343 e. The topological polar surface area (TPSA) is 35.5 Å². The van der Waals surface area contributed by atoms with Gasteiger partial charge in [0.25, 0.3) is 0 Å². The van der Waals surface area contributed by atoms with Crippen molar-refractivity contribution in [3.63, 3.8) is 0 Å². The molecule has 0 saturated carbocycles. The van der Waals surface area contributed by atoms with E-state index in [2.05, 4.69) is 45.0 Å². The molecule has 0 bridgehead atoms. The Bertz CT molecular complexity index is 1050. The van der Waals surface area contributed by atoms with Gasteiger partial charge < -0.3 is 9.47 Å². The Morgan fingerprint density at radius 2 is 1.16 bits per heavy atom. The maximum atomic E-state index is 12.7. The summed E-state index contributed by atoms with van der Waals surface area (Å²) in [5, 5.41) is 0. The van der Waals surface area contributed by atoms with Gasteiger partial charge in [-0.2, -0.15) is 0 Å². The first-order valence-electron chi connectivity index (χ1n) is 14.8. The van der Waals surface area contributed by atoms with Crippen LogP contribution in [0.3, 0.4) is 0 Å². The molecule has 0 radical (unpaired) electrons. The van der Waals surface area contributed by atoms with Crippen LogP contribution in [0.15, 0.2) is 72.8 Å². The van der Waals surface area contributed by atoms with Gasteiger partial charge >= 0.3 is 5.97 Å². The summed E-state index contributed by atoms with van der Waals surface area (Å²) in [7, 11) is 0. The second-order valence-electron chi connectivity index (χ2n) is 10.4. The summed E-state index contributed by atoms with van der Waals surface area (Å²) in [6.45, 7) is 7.52. The fraction of sp³-hybridized carbons (Fsp3) is 0.457. The van der Waals surface area contributed by atoms with Crippen LogP contribution in [0.2, 0.25) is 0 Å². The van der Waals surface area contributed by atoms with E-state index in [0.29, 0.717) is 17.2 Å². The highest BCUT2D eigenvalue weighted by molar-refractivity contribution is 5.91. The van der Waals surface area contributed by atoms with Crippen LogP contribution >= 0.6 is 0 Å². The van der Waals surface area contributed by atoms with E-state index in [1.165, 1.54) is 69.8 Å². The summed E-state index contributed by atoms with van der Waals surface area (Å²) >= 11 is 0. The number of ether oxygens (including phenoxy) is 2. The third kappa shape index (κ3) is 10.0. The summed E-state index contributed by atoms with van der Waals surface area (Å²) in [5.74, 6) is 1.66. The van der Waals surface area contributed by atoms with E-state index in [4.69, 9.17) is 9.47 Å². The van der Waals surface area contributed by atoms with Gasteiger partial charge in [0.15, 0.2) is 0 Å². The van der Waals surface area contributed by atoms with E-state index >= 15 is 0 Å². The number of hydrogen-bond donors (Lipinski definition) is 0. The maximum absolute atomic E-state index is 12.7. The summed E-state index contributed by atoms with van der Waals surface area (Å²) < 4.78 is 11.5. The van der Waals surface area contributed by atoms with Crippen molar-refractivity contribution in [2.45, 2.75) is 97.3 Å². The fourth-order valence-electron chi connectivity index (χ4n) is 4.69. The molecule has 0 aromatic heterocycles. The minimum atomic E-state index is -0.338. The molecule has 0 aliphatic carbocycles. The lowest BCUT2D eigenvalue weighted by Crippen LogP contribution is -2.08. The molecule has 1 unspecified atom stereocenters. The molecular formula is C35H46O3. The Hall–Kier alpha value is -3.07. The Morgan fingerprint density at radius 1 is 0.632 bits per heavy atom. The summed E-state index contributed by atoms with van der Waals surface area (Å²) in [5.41, 5.74) is 3.99. The van der Waals surface area contributed by atoms with Gasteiger partial charge in [0.05, 0.1) is 12.2 Å². The first-order valence-corrected chi connectivity index (χ1v) is 14.8. The number of rotatable bonds is 17. The molecule has 1 atom stereocenters. The highest BCUT2D eigenvalue weighted by atomic mass is 16.5. The number of carbonyl (C=O) groups is 1. The van der Waals surface area contributed by atoms with E-state index in [9.17, 15) is 4.79 Å². The van der Waals surface area contributed by atoms with Gasteiger partial charge in [-0.05, 0) is 71.8 Å². The lowest BCUT2D eigenvalue weighted by molar-refractivity contribution is 0.0734. The second-order valence-corrected chi connectivity index (χ2v) is 10.4. The Kier molecular flexibility index (Phi) is 13.0. The molecule has 3 aromatic rings. The largest absolute Gasteiger partial charge is 0.494 e. The quantitative estimate of drug-likeness (QED) is 0.102. The lowest BCUT2D eigenvalue weighted by atomic mass is 9.95. The van der Waals surface area contributed by atoms with Crippen LogP contribution in [0.1, 0.15) is 113 Å². The number of unbranched alkanes of at least 4 members (excludes halogenated alkanes) is 8. The summed E-state index contributed by atoms with van der Waals surface area (Å²) in [6.07, 6.45) is 13.9. The van der Waals surface area contributed by atoms with Crippen molar-refractivity contribution in [3.05, 3.63) is 83.9 Å². The normalized spacial score (nSPS) is 11.8. The predicted molar refractivity (Wildman–Crippen MR) is 159 cm³/mol. The number of carbonyl (C=O) groups excluding carboxylic acids is 1. The molecule has 0 spiro atoms. The minimum absolute atomic E-state index is 0.338. The molecule has 0 aliphatic rings. The Morgan fingerprint density at radius 3 is 1.79 bits per heavy atom. The van der Waals surface area contributed by atoms with Crippen LogP contribution in [-0.4, -0.2) is 12.6 Å². The molecule has 3 aromatic carbocycles. The van der Waals surface area contributed by atoms with Gasteiger partial charge in [-0.25, -0.2) is 4.79 Å². The van der Waals surface area contributed by atoms with Crippen molar-refractivity contribution >= 4 is 5.97 Å². The third-order valence-electron chi connectivity index (χ3n) is 7.23. The van der Waals surface area contributed by atoms with E-state index in [-0.39, 0.29) is 5.97 Å². The van der Waals surface area contributed by atoms with Gasteiger partial charge in [0.2, 0.25) is 0 Å². The first-order chi connectivity index (χ1) is 18.6. The fourth-order valence-corrected chi connectivity index (χ4v) is 4.69. The zero-order valence-electron chi connectivity index (χ0n) is 23.7. The van der Waals surface area contributed by atoms with Gasteiger partial charge in [0, 0.05) is 0 Å². The van der Waals surface area contributed by atoms with E-state index < -0.39 is 0 Å². The summed E-state index contributed by atoms with van der Waals surface area (Å²) in [4.78, 5) is 12.7. The SMILES string of the molecule is CCCCCCCCOc1ccc(-c2ccc(C(=O)Oc3ccc(C(C)CCCCCC)cc3)cc2)cc1. The van der Waals surface area contributed by atoms with Gasteiger partial charge in [-0.1, -0.05) is 115 Å². The molecule has 3 nitrogen and oxygen atoms in total. The average Bonchev–Trinajstić information content (AvgIpc) is 2.95. The maximum Gasteiger partial charge on any atom is 0.343 e. The number of benzene rings is 3. The van der Waals surface area contributed by atoms with Crippen molar-refractivity contribution in [1.29, 1.82) is 0 Å². The van der Waals surface area contributed by atoms with Crippen LogP contribution in [0, 0.1) is 0 Å². The van der Waals surface area contributed by atoms with Crippen LogP contribution < -0.4 is 9.47 Å². The molecule has 38 heavy (non-hydrogen) atoms. The predicted octanol–water partition coefficient (Wildman–Crippen LogP) is 10.4. The molecule has 0 heterocycles. The molecule has 3 heteroatoms. The molecule has 204 valence electrons. The minimum Gasteiger partial charge on any atom is -0.494 e. The molecule has 0 N–H and O–H groups in total. The molecule has 0 aliphatic heterocycles. The average molecular weight is 515 g/mol. The Labute approximate surface area is 230 Å². The van der Waals surface area contributed by atoms with Gasteiger partial charge in [-0.3, -0.25) is 0 Å². The van der Waals surface area contributed by atoms with Crippen molar-refractivity contribution in [2.75, 3.05) is 6.61 Å². The molecular weight excluding hydrogens is 468 g/mol. The number of esters is 1. The van der Waals surface area contributed by atoms with E-state index in [0.717, 1.165) is 29.9 Å². The molecule has 3 rings (SSSR count). The third-order valence-corrected chi connectivity index (χ3v) is 7.23. The zero-order chi connectivity index (χ0) is 27.0. The van der Waals surface area contributed by atoms with Gasteiger partial charge in [-0.15, -0.1) is 0 Å². The molecule has 0 fully saturated rings. The van der Waals surface area contributed by atoms with Crippen LogP contribution in [-0.2, 0) is 0 Å². The van der Waals surface area contributed by atoms with Crippen LogP contribution in [0.5, 0.6) is 11.5 Å². The zero-order valence-corrected chi connectivity index (χ0v) is 23.7. The van der Waals surface area contributed by atoms with E-state index in [1.807, 2.05) is 48.5 Å². The van der Waals surface area contributed by atoms with Crippen molar-refractivity contribution in [1.82, 2.24) is 0 Å². The lowest BCUT2D eigenvalue weighted by Gasteiger charge is -2.12. The van der Waals surface area contributed by atoms with Crippen LogP contribution in [0.4, 0.5) is 0 Å². The monoisotopic (exact) mass is 514 g/mol. The standard InChI is InChI=1S/C35H46O3/c1-4-6-8-10-11-13-27-37-33-23-21-31(22-24-33)30-15-17-32(18-16-30)35(36)38-34-25-19-29(20-26-34)28(3)14-12-9-7-5-2/h15-26,28H,4-14,27H2,1-3H3. The second kappa shape index (κ2) is 16.7. The highest BCUT2D eigenvalue weighted by Crippen LogP contribution is 2.26. The van der Waals surface area contributed by atoms with Crippen molar-refractivity contribution in [2.24, 2.45) is 0 Å². The molecule has 0 amide bonds. The van der Waals surface area contributed by atoms with Crippen molar-refractivity contribution < 1.29 is 14.3 Å². The molecule has 0 saturated heterocycles. The van der Waals surface area contributed by atoms with Crippen LogP contribution in [0.25, 0.3) is 11.1 Å². The summed E-state index contributed by atoms with van der Waals surface area (Å²) in [6, 6.07) is 23.7. The van der Waals surface area contributed by atoms with Crippen molar-refractivity contribution in [3.8, 4) is 22.6 Å². The number of hydrogen-bond acceptors (Lipinski definition) is 3. The van der Waals surface area contributed by atoms with Gasteiger partial charge in [0.1, 0.15) is 11.5 Å². The Balaban J connectivity index is 1.45.